The molecular weight excluding hydrogens is 222 g/mol. The van der Waals surface area contributed by atoms with Crippen molar-refractivity contribution in [2.75, 3.05) is 7.05 Å². The first-order valence-electron chi connectivity index (χ1n) is 7.18. The average Bonchev–Trinajstić information content (AvgIpc) is 2.44. The van der Waals surface area contributed by atoms with Crippen LogP contribution in [0, 0.1) is 6.92 Å². The molecule has 1 aliphatic carbocycles. The normalized spacial score (nSPS) is 22.9. The lowest BCUT2D eigenvalue weighted by Crippen LogP contribution is -2.34. The Morgan fingerprint density at radius 1 is 1.00 bits per heavy atom. The molecule has 0 radical (unpaired) electrons. The minimum Gasteiger partial charge on any atom is -0.490 e. The van der Waals surface area contributed by atoms with E-state index in [9.17, 15) is 0 Å². The van der Waals surface area contributed by atoms with E-state index >= 15 is 0 Å². The summed E-state index contributed by atoms with van der Waals surface area (Å²) in [5, 5.41) is 3.34. The number of hydrogen-bond acceptors (Lipinski definition) is 2. The lowest BCUT2D eigenvalue weighted by Gasteiger charge is -2.28. The van der Waals surface area contributed by atoms with Crippen LogP contribution in [-0.2, 0) is 0 Å². The van der Waals surface area contributed by atoms with Crippen molar-refractivity contribution in [1.82, 2.24) is 5.32 Å². The van der Waals surface area contributed by atoms with E-state index in [4.69, 9.17) is 4.74 Å². The molecule has 1 N–H and O–H groups in total. The number of nitrogens with one attached hydrogen (secondary N) is 1. The van der Waals surface area contributed by atoms with E-state index in [1.54, 1.807) is 0 Å². The van der Waals surface area contributed by atoms with Crippen molar-refractivity contribution in [3.05, 3.63) is 29.8 Å². The fraction of sp³-hybridized carbons (Fsp3) is 0.625. The first-order chi connectivity index (χ1) is 8.78. The molecule has 0 heterocycles. The first-order valence-corrected chi connectivity index (χ1v) is 7.18. The van der Waals surface area contributed by atoms with E-state index < -0.39 is 0 Å². The van der Waals surface area contributed by atoms with Crippen molar-refractivity contribution < 1.29 is 4.74 Å². The highest BCUT2D eigenvalue weighted by molar-refractivity contribution is 5.26. The topological polar surface area (TPSA) is 21.3 Å². The second-order valence-corrected chi connectivity index (χ2v) is 4.69. The maximum Gasteiger partial charge on any atom is 0.119 e. The van der Waals surface area contributed by atoms with Crippen LogP contribution in [0.15, 0.2) is 24.3 Å². The molecule has 2 nitrogen and oxygen atoms in total. The smallest absolute Gasteiger partial charge is 0.119 e. The molecule has 18 heavy (non-hydrogen) atoms. The van der Waals surface area contributed by atoms with Gasteiger partial charge in [0.1, 0.15) is 5.75 Å². The maximum absolute atomic E-state index is 5.98. The highest BCUT2D eigenvalue weighted by atomic mass is 16.5. The van der Waals surface area contributed by atoms with Gasteiger partial charge < -0.3 is 10.1 Å². The van der Waals surface area contributed by atoms with Crippen LogP contribution < -0.4 is 10.1 Å². The highest BCUT2D eigenvalue weighted by Crippen LogP contribution is 2.23. The SMILES string of the molecule is CC.CNC1CCC(Oc2ccc(C)cc2)CC1. The molecule has 0 bridgehead atoms. The predicted molar refractivity (Wildman–Crippen MR) is 78.3 cm³/mol. The van der Waals surface area contributed by atoms with Crippen LogP contribution in [0.3, 0.4) is 0 Å². The molecule has 1 aliphatic rings. The molecule has 1 aromatic carbocycles. The van der Waals surface area contributed by atoms with Gasteiger partial charge in [0.05, 0.1) is 6.10 Å². The molecule has 1 saturated carbocycles. The van der Waals surface area contributed by atoms with Crippen molar-refractivity contribution in [3.63, 3.8) is 0 Å². The molecule has 0 saturated heterocycles. The summed E-state index contributed by atoms with van der Waals surface area (Å²) in [6, 6.07) is 9.04. The van der Waals surface area contributed by atoms with E-state index in [1.807, 2.05) is 20.9 Å². The van der Waals surface area contributed by atoms with Gasteiger partial charge in [-0.05, 0) is 51.8 Å². The molecule has 0 spiro atoms. The van der Waals surface area contributed by atoms with Crippen LogP contribution in [0.5, 0.6) is 5.75 Å². The summed E-state index contributed by atoms with van der Waals surface area (Å²) in [7, 11) is 2.05. The quantitative estimate of drug-likeness (QED) is 0.876. The molecule has 2 rings (SSSR count). The zero-order chi connectivity index (χ0) is 13.4. The Bertz CT molecular complexity index is 312. The van der Waals surface area contributed by atoms with Gasteiger partial charge in [-0.2, -0.15) is 0 Å². The van der Waals surface area contributed by atoms with Crippen molar-refractivity contribution in [3.8, 4) is 5.75 Å². The van der Waals surface area contributed by atoms with Crippen molar-refractivity contribution in [2.45, 2.75) is 58.6 Å². The number of benzene rings is 1. The van der Waals surface area contributed by atoms with Crippen LogP contribution in [0.25, 0.3) is 0 Å². The summed E-state index contributed by atoms with van der Waals surface area (Å²) in [6.07, 6.45) is 5.20. The van der Waals surface area contributed by atoms with Crippen LogP contribution >= 0.6 is 0 Å². The molecule has 1 aromatic rings. The number of hydrogen-bond donors (Lipinski definition) is 1. The van der Waals surface area contributed by atoms with Crippen molar-refractivity contribution in [2.24, 2.45) is 0 Å². The Hall–Kier alpha value is -1.02. The summed E-state index contributed by atoms with van der Waals surface area (Å²) < 4.78 is 5.98. The van der Waals surface area contributed by atoms with Gasteiger partial charge in [-0.25, -0.2) is 0 Å². The zero-order valence-electron chi connectivity index (χ0n) is 12.2. The summed E-state index contributed by atoms with van der Waals surface area (Å²) in [4.78, 5) is 0. The summed E-state index contributed by atoms with van der Waals surface area (Å²) in [6.45, 7) is 6.10. The van der Waals surface area contributed by atoms with Gasteiger partial charge in [-0.3, -0.25) is 0 Å². The fourth-order valence-electron chi connectivity index (χ4n) is 2.28. The van der Waals surface area contributed by atoms with Gasteiger partial charge in [0.2, 0.25) is 0 Å². The Kier molecular flexibility index (Phi) is 6.81. The largest absolute Gasteiger partial charge is 0.490 e. The summed E-state index contributed by atoms with van der Waals surface area (Å²) >= 11 is 0. The van der Waals surface area contributed by atoms with Gasteiger partial charge in [-0.1, -0.05) is 31.5 Å². The Morgan fingerprint density at radius 2 is 1.56 bits per heavy atom. The van der Waals surface area contributed by atoms with Crippen LogP contribution in [-0.4, -0.2) is 19.2 Å². The van der Waals surface area contributed by atoms with E-state index in [-0.39, 0.29) is 0 Å². The standard InChI is InChI=1S/C14H21NO.C2H6/c1-11-3-7-13(8-4-11)16-14-9-5-12(15-2)6-10-14;1-2/h3-4,7-8,12,14-15H,5-6,9-10H2,1-2H3;1-2H3. The summed E-state index contributed by atoms with van der Waals surface area (Å²) in [5.74, 6) is 1.01. The predicted octanol–water partition coefficient (Wildman–Crippen LogP) is 3.93. The van der Waals surface area contributed by atoms with E-state index in [2.05, 4.69) is 36.5 Å². The Morgan fingerprint density at radius 3 is 2.06 bits per heavy atom. The summed E-state index contributed by atoms with van der Waals surface area (Å²) in [5.41, 5.74) is 1.28. The third-order valence-electron chi connectivity index (χ3n) is 3.41. The van der Waals surface area contributed by atoms with Crippen LogP contribution in [0.1, 0.15) is 45.1 Å². The minimum absolute atomic E-state index is 0.410. The zero-order valence-corrected chi connectivity index (χ0v) is 12.2. The molecule has 0 aliphatic heterocycles. The number of ether oxygens (including phenoxy) is 1. The third-order valence-corrected chi connectivity index (χ3v) is 3.41. The van der Waals surface area contributed by atoms with Gasteiger partial charge in [0.25, 0.3) is 0 Å². The maximum atomic E-state index is 5.98. The molecular formula is C16H27NO. The fourth-order valence-corrected chi connectivity index (χ4v) is 2.28. The highest BCUT2D eigenvalue weighted by Gasteiger charge is 2.20. The van der Waals surface area contributed by atoms with E-state index in [0.717, 1.165) is 5.75 Å². The molecule has 102 valence electrons. The molecule has 1 fully saturated rings. The Balaban J connectivity index is 0.000000771. The first kappa shape index (κ1) is 15.0. The molecule has 0 aromatic heterocycles. The van der Waals surface area contributed by atoms with Crippen LogP contribution in [0.4, 0.5) is 0 Å². The van der Waals surface area contributed by atoms with E-state index in [0.29, 0.717) is 12.1 Å². The average molecular weight is 249 g/mol. The minimum atomic E-state index is 0.410. The third kappa shape index (κ3) is 4.69. The van der Waals surface area contributed by atoms with Gasteiger partial charge in [0.15, 0.2) is 0 Å². The van der Waals surface area contributed by atoms with Gasteiger partial charge >= 0.3 is 0 Å². The molecule has 0 unspecified atom stereocenters. The van der Waals surface area contributed by atoms with Crippen molar-refractivity contribution >= 4 is 0 Å². The van der Waals surface area contributed by atoms with E-state index in [1.165, 1.54) is 31.2 Å². The lowest BCUT2D eigenvalue weighted by atomic mass is 9.93. The number of rotatable bonds is 3. The van der Waals surface area contributed by atoms with Crippen molar-refractivity contribution in [1.29, 1.82) is 0 Å². The molecule has 2 heteroatoms. The second-order valence-electron chi connectivity index (χ2n) is 4.69. The van der Waals surface area contributed by atoms with Gasteiger partial charge in [0, 0.05) is 6.04 Å². The number of aryl methyl sites for hydroxylation is 1. The Labute approximate surface area is 112 Å². The second kappa shape index (κ2) is 8.15. The monoisotopic (exact) mass is 249 g/mol. The van der Waals surface area contributed by atoms with Crippen LogP contribution in [0.2, 0.25) is 0 Å². The lowest BCUT2D eigenvalue weighted by molar-refractivity contribution is 0.141. The molecule has 0 atom stereocenters. The molecule has 0 amide bonds. The van der Waals surface area contributed by atoms with Gasteiger partial charge in [-0.15, -0.1) is 0 Å².